The van der Waals surface area contributed by atoms with Crippen LogP contribution in [0.1, 0.15) is 39.5 Å². The lowest BCUT2D eigenvalue weighted by Gasteiger charge is -2.31. The quantitative estimate of drug-likeness (QED) is 0.635. The molecule has 0 saturated heterocycles. The van der Waals surface area contributed by atoms with Crippen LogP contribution in [0.5, 0.6) is 5.75 Å². The van der Waals surface area contributed by atoms with E-state index < -0.39 is 0 Å². The van der Waals surface area contributed by atoms with Gasteiger partial charge in [-0.05, 0) is 36.8 Å². The molecule has 0 aliphatic rings. The fourth-order valence-corrected chi connectivity index (χ4v) is 2.99. The fraction of sp³-hybridized carbons (Fsp3) is 0.600. The Labute approximate surface area is 125 Å². The average Bonchev–Trinajstić information content (AvgIpc) is 2.38. The molecule has 1 aromatic carbocycles. The normalized spacial score (nSPS) is 11.6. The van der Waals surface area contributed by atoms with Crippen molar-refractivity contribution in [2.75, 3.05) is 12.4 Å². The first-order chi connectivity index (χ1) is 9.06. The Bertz CT molecular complexity index is 392. The molecule has 0 atom stereocenters. The van der Waals surface area contributed by atoms with Crippen LogP contribution in [0.15, 0.2) is 18.2 Å². The third kappa shape index (κ3) is 4.88. The van der Waals surface area contributed by atoms with Gasteiger partial charge in [0.05, 0.1) is 11.6 Å². The van der Waals surface area contributed by atoms with Crippen molar-refractivity contribution in [2.24, 2.45) is 5.41 Å². The molecule has 4 heteroatoms. The summed E-state index contributed by atoms with van der Waals surface area (Å²) in [4.78, 5) is 0. The van der Waals surface area contributed by atoms with Gasteiger partial charge in [-0.15, -0.1) is 0 Å². The van der Waals surface area contributed by atoms with Crippen molar-refractivity contribution in [3.8, 4) is 5.75 Å². The molecule has 0 aliphatic carbocycles. The standard InChI is InChI=1S/C15H22ClFOS/c1-3-7-15(11-19,8-4-2)10-18-14-6-5-12(17)9-13(14)16/h5-6,9,19H,3-4,7-8,10-11H2,1-2H3. The van der Waals surface area contributed by atoms with Gasteiger partial charge in [0.25, 0.3) is 0 Å². The van der Waals surface area contributed by atoms with Gasteiger partial charge in [-0.1, -0.05) is 38.3 Å². The first-order valence-electron chi connectivity index (χ1n) is 6.75. The second-order valence-corrected chi connectivity index (χ2v) is 5.74. The number of benzene rings is 1. The Hall–Kier alpha value is -0.410. The van der Waals surface area contributed by atoms with Gasteiger partial charge in [-0.2, -0.15) is 12.6 Å². The molecule has 0 N–H and O–H groups in total. The van der Waals surface area contributed by atoms with E-state index in [-0.39, 0.29) is 11.2 Å². The maximum atomic E-state index is 13.0. The Balaban J connectivity index is 2.74. The SMILES string of the molecule is CCCC(CS)(CCC)COc1ccc(F)cc1Cl. The van der Waals surface area contributed by atoms with Crippen LogP contribution in [0.3, 0.4) is 0 Å². The molecular formula is C15H22ClFOS. The van der Waals surface area contributed by atoms with Gasteiger partial charge in [0.2, 0.25) is 0 Å². The molecule has 108 valence electrons. The van der Waals surface area contributed by atoms with Gasteiger partial charge < -0.3 is 4.74 Å². The molecule has 0 bridgehead atoms. The fourth-order valence-electron chi connectivity index (χ4n) is 2.36. The van der Waals surface area contributed by atoms with Crippen LogP contribution >= 0.6 is 24.2 Å². The molecule has 0 saturated carbocycles. The molecular weight excluding hydrogens is 283 g/mol. The molecule has 0 amide bonds. The topological polar surface area (TPSA) is 9.23 Å². The van der Waals surface area contributed by atoms with Crippen molar-refractivity contribution in [3.05, 3.63) is 29.0 Å². The first kappa shape index (κ1) is 16.6. The van der Waals surface area contributed by atoms with E-state index >= 15 is 0 Å². The zero-order chi connectivity index (χ0) is 14.3. The highest BCUT2D eigenvalue weighted by molar-refractivity contribution is 7.80. The van der Waals surface area contributed by atoms with Crippen LogP contribution in [-0.4, -0.2) is 12.4 Å². The van der Waals surface area contributed by atoms with Crippen molar-refractivity contribution in [2.45, 2.75) is 39.5 Å². The molecule has 1 aromatic rings. The molecule has 0 radical (unpaired) electrons. The summed E-state index contributed by atoms with van der Waals surface area (Å²) in [6.45, 7) is 4.90. The smallest absolute Gasteiger partial charge is 0.138 e. The van der Waals surface area contributed by atoms with Crippen LogP contribution in [0, 0.1) is 11.2 Å². The predicted molar refractivity (Wildman–Crippen MR) is 83.0 cm³/mol. The number of ether oxygens (including phenoxy) is 1. The van der Waals surface area contributed by atoms with Crippen molar-refractivity contribution >= 4 is 24.2 Å². The zero-order valence-electron chi connectivity index (χ0n) is 11.6. The number of hydrogen-bond acceptors (Lipinski definition) is 2. The minimum absolute atomic E-state index is 0.0737. The number of halogens is 2. The monoisotopic (exact) mass is 304 g/mol. The lowest BCUT2D eigenvalue weighted by atomic mass is 9.82. The van der Waals surface area contributed by atoms with E-state index in [1.54, 1.807) is 6.07 Å². The lowest BCUT2D eigenvalue weighted by Crippen LogP contribution is -2.30. The summed E-state index contributed by atoms with van der Waals surface area (Å²) >= 11 is 10.5. The van der Waals surface area contributed by atoms with Gasteiger partial charge in [0.1, 0.15) is 11.6 Å². The summed E-state index contributed by atoms with van der Waals surface area (Å²) < 4.78 is 18.8. The Morgan fingerprint density at radius 1 is 1.26 bits per heavy atom. The Morgan fingerprint density at radius 3 is 2.37 bits per heavy atom. The Morgan fingerprint density at radius 2 is 1.89 bits per heavy atom. The molecule has 1 rings (SSSR count). The summed E-state index contributed by atoms with van der Waals surface area (Å²) in [6, 6.07) is 4.22. The molecule has 19 heavy (non-hydrogen) atoms. The first-order valence-corrected chi connectivity index (χ1v) is 7.76. The van der Waals surface area contributed by atoms with Crippen LogP contribution in [0.25, 0.3) is 0 Å². The summed E-state index contributed by atoms with van der Waals surface area (Å²) in [5.74, 6) is 0.981. The van der Waals surface area contributed by atoms with Crippen LogP contribution in [-0.2, 0) is 0 Å². The minimum Gasteiger partial charge on any atom is -0.491 e. The molecule has 1 nitrogen and oxygen atoms in total. The third-order valence-corrected chi connectivity index (χ3v) is 4.29. The van der Waals surface area contributed by atoms with Crippen LogP contribution < -0.4 is 4.74 Å². The summed E-state index contributed by atoms with van der Waals surface area (Å²) in [7, 11) is 0. The van der Waals surface area contributed by atoms with Crippen molar-refractivity contribution in [3.63, 3.8) is 0 Å². The van der Waals surface area contributed by atoms with Crippen LogP contribution in [0.4, 0.5) is 4.39 Å². The average molecular weight is 305 g/mol. The van der Waals surface area contributed by atoms with Gasteiger partial charge in [-0.3, -0.25) is 0 Å². The van der Waals surface area contributed by atoms with E-state index in [4.69, 9.17) is 16.3 Å². The predicted octanol–water partition coefficient (Wildman–Crippen LogP) is 5.37. The van der Waals surface area contributed by atoms with E-state index in [0.717, 1.165) is 31.4 Å². The number of rotatable bonds is 8. The molecule has 0 spiro atoms. The van der Waals surface area contributed by atoms with E-state index in [1.807, 2.05) is 0 Å². The largest absolute Gasteiger partial charge is 0.491 e. The second-order valence-electron chi connectivity index (χ2n) is 5.02. The second kappa shape index (κ2) is 8.01. The molecule has 0 fully saturated rings. The highest BCUT2D eigenvalue weighted by Gasteiger charge is 2.28. The molecule has 0 aromatic heterocycles. The maximum Gasteiger partial charge on any atom is 0.138 e. The van der Waals surface area contributed by atoms with E-state index in [9.17, 15) is 4.39 Å². The van der Waals surface area contributed by atoms with Crippen molar-refractivity contribution < 1.29 is 9.13 Å². The zero-order valence-corrected chi connectivity index (χ0v) is 13.2. The number of hydrogen-bond donors (Lipinski definition) is 1. The molecule has 0 aliphatic heterocycles. The summed E-state index contributed by atoms with van der Waals surface area (Å²) in [5, 5.41) is 0.320. The molecule has 0 unspecified atom stereocenters. The van der Waals surface area contributed by atoms with E-state index in [1.165, 1.54) is 12.1 Å². The highest BCUT2D eigenvalue weighted by atomic mass is 35.5. The van der Waals surface area contributed by atoms with E-state index in [0.29, 0.717) is 17.4 Å². The van der Waals surface area contributed by atoms with Gasteiger partial charge in [0, 0.05) is 5.41 Å². The third-order valence-electron chi connectivity index (χ3n) is 3.32. The summed E-state index contributed by atoms with van der Waals surface area (Å²) in [5.41, 5.74) is 0.0737. The lowest BCUT2D eigenvalue weighted by molar-refractivity contribution is 0.143. The van der Waals surface area contributed by atoms with Gasteiger partial charge in [0.15, 0.2) is 0 Å². The van der Waals surface area contributed by atoms with Crippen LogP contribution in [0.2, 0.25) is 5.02 Å². The maximum absolute atomic E-state index is 13.0. The Kier molecular flexibility index (Phi) is 7.01. The highest BCUT2D eigenvalue weighted by Crippen LogP contribution is 2.34. The van der Waals surface area contributed by atoms with E-state index in [2.05, 4.69) is 26.5 Å². The van der Waals surface area contributed by atoms with Crippen molar-refractivity contribution in [1.82, 2.24) is 0 Å². The van der Waals surface area contributed by atoms with Crippen molar-refractivity contribution in [1.29, 1.82) is 0 Å². The minimum atomic E-state index is -0.347. The summed E-state index contributed by atoms with van der Waals surface area (Å²) in [6.07, 6.45) is 4.34. The van der Waals surface area contributed by atoms with Gasteiger partial charge >= 0.3 is 0 Å². The number of thiol groups is 1. The van der Waals surface area contributed by atoms with Gasteiger partial charge in [-0.25, -0.2) is 4.39 Å². The molecule has 0 heterocycles.